The molecule has 1 aromatic heterocycles. The Labute approximate surface area is 186 Å². The Hall–Kier alpha value is -2.77. The third-order valence-electron chi connectivity index (χ3n) is 4.69. The molecule has 0 amide bonds. The molecule has 0 radical (unpaired) electrons. The van der Waals surface area contributed by atoms with Gasteiger partial charge in [-0.05, 0) is 44.4 Å². The second-order valence-corrected chi connectivity index (χ2v) is 7.74. The summed E-state index contributed by atoms with van der Waals surface area (Å²) in [6.45, 7) is 15.9. The molecule has 2 N–H and O–H groups in total. The molecule has 31 heavy (non-hydrogen) atoms. The summed E-state index contributed by atoms with van der Waals surface area (Å²) in [6, 6.07) is 6.13. The second kappa shape index (κ2) is 12.8. The maximum atomic E-state index is 5.78. The Bertz CT molecular complexity index is 818. The van der Waals surface area contributed by atoms with E-state index < -0.39 is 0 Å². The van der Waals surface area contributed by atoms with Gasteiger partial charge in [0.15, 0.2) is 17.5 Å². The summed E-state index contributed by atoms with van der Waals surface area (Å²) in [5.41, 5.74) is 1.11. The maximum Gasteiger partial charge on any atom is 0.191 e. The fraction of sp³-hybridized carbons (Fsp3) is 0.609. The molecule has 8 nitrogen and oxygen atoms in total. The first-order valence-electron chi connectivity index (χ1n) is 11.3. The molecular weight excluding hydrogens is 392 g/mol. The Morgan fingerprint density at radius 2 is 1.84 bits per heavy atom. The zero-order valence-electron chi connectivity index (χ0n) is 19.8. The molecule has 0 aliphatic carbocycles. The standard InChI is InChI=1S/C23H38N6O2/c1-7-22-28-26-16-29(22)13-12-24-23(25-15-17(4)5)27-18(6)19-10-11-20(30-8-2)21(14-19)31-9-3/h10-11,14,16-18H,7-9,12-13,15H2,1-6H3,(H2,24,25,27). The highest BCUT2D eigenvalue weighted by Gasteiger charge is 2.13. The molecule has 0 spiro atoms. The minimum Gasteiger partial charge on any atom is -0.490 e. The average Bonchev–Trinajstić information content (AvgIpc) is 3.20. The van der Waals surface area contributed by atoms with Crippen molar-refractivity contribution >= 4 is 5.96 Å². The SMILES string of the molecule is CCOc1ccc(C(C)NC(=NCC(C)C)NCCn2cnnc2CC)cc1OCC. The van der Waals surface area contributed by atoms with E-state index in [4.69, 9.17) is 14.5 Å². The van der Waals surface area contributed by atoms with Crippen LogP contribution in [-0.4, -0.2) is 47.0 Å². The third-order valence-corrected chi connectivity index (χ3v) is 4.69. The monoisotopic (exact) mass is 430 g/mol. The first-order chi connectivity index (χ1) is 15.0. The van der Waals surface area contributed by atoms with Crippen LogP contribution in [0.1, 0.15) is 59.0 Å². The number of benzene rings is 1. The molecule has 0 fully saturated rings. The molecule has 2 aromatic rings. The highest BCUT2D eigenvalue weighted by molar-refractivity contribution is 5.80. The van der Waals surface area contributed by atoms with Crippen molar-refractivity contribution in [1.29, 1.82) is 0 Å². The molecule has 1 unspecified atom stereocenters. The molecule has 1 aromatic carbocycles. The van der Waals surface area contributed by atoms with Crippen LogP contribution in [-0.2, 0) is 13.0 Å². The number of ether oxygens (including phenoxy) is 2. The van der Waals surface area contributed by atoms with Crippen molar-refractivity contribution in [2.75, 3.05) is 26.3 Å². The summed E-state index contributed by atoms with van der Waals surface area (Å²) >= 11 is 0. The lowest BCUT2D eigenvalue weighted by atomic mass is 10.1. The first kappa shape index (κ1) is 24.5. The zero-order valence-corrected chi connectivity index (χ0v) is 19.8. The molecule has 0 bridgehead atoms. The van der Waals surface area contributed by atoms with Gasteiger partial charge in [-0.3, -0.25) is 4.99 Å². The van der Waals surface area contributed by atoms with E-state index in [9.17, 15) is 0 Å². The van der Waals surface area contributed by atoms with Gasteiger partial charge in [0.25, 0.3) is 0 Å². The summed E-state index contributed by atoms with van der Waals surface area (Å²) in [5.74, 6) is 3.80. The minimum atomic E-state index is 0.0504. The zero-order chi connectivity index (χ0) is 22.6. The maximum absolute atomic E-state index is 5.78. The lowest BCUT2D eigenvalue weighted by Gasteiger charge is -2.21. The van der Waals surface area contributed by atoms with Crippen LogP contribution in [0.3, 0.4) is 0 Å². The van der Waals surface area contributed by atoms with Gasteiger partial charge in [-0.25, -0.2) is 0 Å². The molecule has 2 rings (SSSR count). The lowest BCUT2D eigenvalue weighted by molar-refractivity contribution is 0.287. The van der Waals surface area contributed by atoms with E-state index in [2.05, 4.69) is 59.2 Å². The van der Waals surface area contributed by atoms with E-state index in [0.717, 1.165) is 54.9 Å². The van der Waals surface area contributed by atoms with Crippen molar-refractivity contribution in [3.63, 3.8) is 0 Å². The van der Waals surface area contributed by atoms with E-state index in [0.29, 0.717) is 19.1 Å². The van der Waals surface area contributed by atoms with Crippen molar-refractivity contribution in [2.24, 2.45) is 10.9 Å². The normalized spacial score (nSPS) is 12.7. The highest BCUT2D eigenvalue weighted by Crippen LogP contribution is 2.30. The van der Waals surface area contributed by atoms with Gasteiger partial charge in [0.05, 0.1) is 19.3 Å². The van der Waals surface area contributed by atoms with Crippen LogP contribution in [0.2, 0.25) is 0 Å². The van der Waals surface area contributed by atoms with Crippen molar-refractivity contribution < 1.29 is 9.47 Å². The molecule has 0 aliphatic heterocycles. The van der Waals surface area contributed by atoms with Gasteiger partial charge in [0.1, 0.15) is 12.2 Å². The van der Waals surface area contributed by atoms with Gasteiger partial charge >= 0.3 is 0 Å². The van der Waals surface area contributed by atoms with E-state index in [1.54, 1.807) is 6.33 Å². The molecule has 1 heterocycles. The Morgan fingerprint density at radius 1 is 1.10 bits per heavy atom. The molecule has 172 valence electrons. The van der Waals surface area contributed by atoms with Gasteiger partial charge in [-0.15, -0.1) is 10.2 Å². The summed E-state index contributed by atoms with van der Waals surface area (Å²) < 4.78 is 13.5. The van der Waals surface area contributed by atoms with Gasteiger partial charge < -0.3 is 24.7 Å². The number of guanidine groups is 1. The van der Waals surface area contributed by atoms with Crippen LogP contribution in [0.4, 0.5) is 0 Å². The van der Waals surface area contributed by atoms with Crippen molar-refractivity contribution in [3.05, 3.63) is 35.9 Å². The fourth-order valence-corrected chi connectivity index (χ4v) is 3.09. The summed E-state index contributed by atoms with van der Waals surface area (Å²) in [5, 5.41) is 15.1. The number of nitrogens with one attached hydrogen (secondary N) is 2. The van der Waals surface area contributed by atoms with Gasteiger partial charge in [0, 0.05) is 26.1 Å². The largest absolute Gasteiger partial charge is 0.490 e. The van der Waals surface area contributed by atoms with Crippen LogP contribution in [0.25, 0.3) is 0 Å². The lowest BCUT2D eigenvalue weighted by Crippen LogP contribution is -2.40. The second-order valence-electron chi connectivity index (χ2n) is 7.74. The summed E-state index contributed by atoms with van der Waals surface area (Å²) in [6.07, 6.45) is 2.64. The number of rotatable bonds is 12. The van der Waals surface area contributed by atoms with Crippen LogP contribution in [0, 0.1) is 5.92 Å². The van der Waals surface area contributed by atoms with E-state index in [1.807, 2.05) is 26.0 Å². The third kappa shape index (κ3) is 7.77. The number of nitrogens with zero attached hydrogens (tertiary/aromatic N) is 4. The van der Waals surface area contributed by atoms with Crippen molar-refractivity contribution in [3.8, 4) is 11.5 Å². The minimum absolute atomic E-state index is 0.0504. The number of aryl methyl sites for hydroxylation is 1. The van der Waals surface area contributed by atoms with E-state index in [1.165, 1.54) is 0 Å². The summed E-state index contributed by atoms with van der Waals surface area (Å²) in [4.78, 5) is 4.75. The fourth-order valence-electron chi connectivity index (χ4n) is 3.09. The number of hydrogen-bond acceptors (Lipinski definition) is 5. The Morgan fingerprint density at radius 3 is 2.52 bits per heavy atom. The van der Waals surface area contributed by atoms with E-state index >= 15 is 0 Å². The van der Waals surface area contributed by atoms with Crippen molar-refractivity contribution in [2.45, 2.75) is 60.5 Å². The quantitative estimate of drug-likeness (QED) is 0.395. The smallest absolute Gasteiger partial charge is 0.191 e. The average molecular weight is 431 g/mol. The highest BCUT2D eigenvalue weighted by atomic mass is 16.5. The van der Waals surface area contributed by atoms with Crippen LogP contribution in [0.15, 0.2) is 29.5 Å². The molecular formula is C23H38N6O2. The molecule has 0 saturated carbocycles. The van der Waals surface area contributed by atoms with Gasteiger partial charge in [-0.1, -0.05) is 26.8 Å². The van der Waals surface area contributed by atoms with Crippen LogP contribution in [0.5, 0.6) is 11.5 Å². The number of aromatic nitrogens is 3. The molecule has 0 saturated heterocycles. The Kier molecular flexibility index (Phi) is 10.1. The molecule has 1 atom stereocenters. The first-order valence-corrected chi connectivity index (χ1v) is 11.3. The van der Waals surface area contributed by atoms with Crippen LogP contribution >= 0.6 is 0 Å². The Balaban J connectivity index is 2.07. The van der Waals surface area contributed by atoms with Gasteiger partial charge in [0.2, 0.25) is 0 Å². The van der Waals surface area contributed by atoms with Gasteiger partial charge in [-0.2, -0.15) is 0 Å². The summed E-state index contributed by atoms with van der Waals surface area (Å²) in [7, 11) is 0. The molecule has 8 heteroatoms. The molecule has 0 aliphatic rings. The van der Waals surface area contributed by atoms with Crippen molar-refractivity contribution in [1.82, 2.24) is 25.4 Å². The van der Waals surface area contributed by atoms with E-state index in [-0.39, 0.29) is 6.04 Å². The predicted molar refractivity (Wildman–Crippen MR) is 125 cm³/mol. The number of hydrogen-bond donors (Lipinski definition) is 2. The number of aliphatic imine (C=N–C) groups is 1. The predicted octanol–water partition coefficient (Wildman–Crippen LogP) is 3.59. The van der Waals surface area contributed by atoms with Crippen LogP contribution < -0.4 is 20.1 Å². The topological polar surface area (TPSA) is 85.6 Å².